The highest BCUT2D eigenvalue weighted by Gasteiger charge is 2.18. The number of nitrogens with one attached hydrogen (secondary N) is 2. The zero-order chi connectivity index (χ0) is 29.6. The number of carbonyl (C=O) groups excluding carboxylic acids is 1. The zero-order valence-electron chi connectivity index (χ0n) is 23.4. The van der Waals surface area contributed by atoms with E-state index < -0.39 is 5.91 Å². The molecule has 0 aliphatic rings. The Morgan fingerprint density at radius 2 is 1.74 bits per heavy atom. The Labute approximate surface area is 242 Å². The number of carbonyl (C=O) groups is 1. The van der Waals surface area contributed by atoms with Gasteiger partial charge in [0.1, 0.15) is 34.4 Å². The van der Waals surface area contributed by atoms with Crippen LogP contribution in [0, 0.1) is 37.9 Å². The molecule has 2 aromatic heterocycles. The Bertz CT molecular complexity index is 1750. The average Bonchev–Trinajstić information content (AvgIpc) is 3.42. The Balaban J connectivity index is 1.35. The molecule has 2 N–H and O–H groups in total. The predicted molar refractivity (Wildman–Crippen MR) is 156 cm³/mol. The minimum atomic E-state index is -0.391. The molecule has 0 unspecified atom stereocenters. The van der Waals surface area contributed by atoms with Crippen molar-refractivity contribution < 1.29 is 13.9 Å². The molecule has 5 aromatic rings. The number of nitriles is 1. The van der Waals surface area contributed by atoms with Crippen LogP contribution in [0.5, 0.6) is 11.5 Å². The number of anilines is 2. The Hall–Kier alpha value is -5.56. The van der Waals surface area contributed by atoms with Crippen LogP contribution in [0.2, 0.25) is 0 Å². The van der Waals surface area contributed by atoms with Crippen molar-refractivity contribution in [3.63, 3.8) is 0 Å². The van der Waals surface area contributed by atoms with E-state index >= 15 is 0 Å². The van der Waals surface area contributed by atoms with Gasteiger partial charge in [-0.3, -0.25) is 4.79 Å². The van der Waals surface area contributed by atoms with Crippen molar-refractivity contribution in [2.45, 2.75) is 33.9 Å². The first-order chi connectivity index (χ1) is 20.3. The van der Waals surface area contributed by atoms with Crippen molar-refractivity contribution in [1.29, 1.82) is 5.26 Å². The fraction of sp³-hybridized carbons (Fsp3) is 0.156. The number of benzene rings is 3. The van der Waals surface area contributed by atoms with E-state index in [1.165, 1.54) is 18.3 Å². The van der Waals surface area contributed by atoms with Crippen molar-refractivity contribution in [2.75, 3.05) is 5.32 Å². The van der Waals surface area contributed by atoms with Crippen molar-refractivity contribution in [3.8, 4) is 17.6 Å². The summed E-state index contributed by atoms with van der Waals surface area (Å²) in [6, 6.07) is 20.9. The van der Waals surface area contributed by atoms with Gasteiger partial charge in [0.25, 0.3) is 5.91 Å². The number of nitrogens with zero attached hydrogens (tertiary/aromatic N) is 5. The molecular formula is C32H28FN7O2. The van der Waals surface area contributed by atoms with Gasteiger partial charge >= 0.3 is 0 Å². The fourth-order valence-corrected chi connectivity index (χ4v) is 4.51. The summed E-state index contributed by atoms with van der Waals surface area (Å²) in [5.74, 6) is 0.766. The summed E-state index contributed by atoms with van der Waals surface area (Å²) in [6.07, 6.45) is 3.18. The van der Waals surface area contributed by atoms with E-state index in [0.717, 1.165) is 27.9 Å². The first kappa shape index (κ1) is 28.0. The number of hydrogen-bond donors (Lipinski definition) is 2. The number of halogens is 1. The van der Waals surface area contributed by atoms with Gasteiger partial charge in [0.05, 0.1) is 30.9 Å². The summed E-state index contributed by atoms with van der Waals surface area (Å²) in [4.78, 5) is 17.8. The number of amides is 1. The van der Waals surface area contributed by atoms with Crippen molar-refractivity contribution in [3.05, 3.63) is 124 Å². The number of aryl methyl sites for hydroxylation is 3. The lowest BCUT2D eigenvalue weighted by Crippen LogP contribution is -2.24. The summed E-state index contributed by atoms with van der Waals surface area (Å²) in [5.41, 5.74) is 5.96. The Morgan fingerprint density at radius 1 is 1.02 bits per heavy atom. The number of ether oxygens (including phenoxy) is 1. The van der Waals surface area contributed by atoms with Crippen LogP contribution in [0.4, 0.5) is 15.9 Å². The predicted octanol–water partition coefficient (Wildman–Crippen LogP) is 6.12. The van der Waals surface area contributed by atoms with Crippen LogP contribution in [-0.4, -0.2) is 25.9 Å². The van der Waals surface area contributed by atoms with Gasteiger partial charge in [0.15, 0.2) is 0 Å². The minimum absolute atomic E-state index is 0.134. The average molecular weight is 562 g/mol. The standard InChI is InChI=1S/C32H28FN7O2/c1-20-12-21(2)31(22(3)13-20)42-29-14-30(37-26-10-6-23(15-34)7-11-26)35-17-28(29)32(41)36-16-27-19-40(39-38-27)18-24-4-8-25(33)9-5-24/h4-14,17,19H,16,18H2,1-3H3,(H,35,37)(H,36,41). The molecule has 2 heterocycles. The van der Waals surface area contributed by atoms with Crippen LogP contribution in [0.1, 0.15) is 43.9 Å². The van der Waals surface area contributed by atoms with E-state index in [4.69, 9.17) is 10.00 Å². The van der Waals surface area contributed by atoms with Gasteiger partial charge in [0.2, 0.25) is 0 Å². The maximum absolute atomic E-state index is 13.4. The first-order valence-corrected chi connectivity index (χ1v) is 13.2. The zero-order valence-corrected chi connectivity index (χ0v) is 23.4. The van der Waals surface area contributed by atoms with Crippen LogP contribution < -0.4 is 15.4 Å². The van der Waals surface area contributed by atoms with Crippen molar-refractivity contribution >= 4 is 17.4 Å². The minimum Gasteiger partial charge on any atom is -0.456 e. The number of pyridine rings is 1. The van der Waals surface area contributed by atoms with Gasteiger partial charge in [0, 0.05) is 18.0 Å². The van der Waals surface area contributed by atoms with Crippen molar-refractivity contribution in [1.82, 2.24) is 25.3 Å². The van der Waals surface area contributed by atoms with Crippen LogP contribution in [0.25, 0.3) is 0 Å². The monoisotopic (exact) mass is 561 g/mol. The summed E-state index contributed by atoms with van der Waals surface area (Å²) in [7, 11) is 0. The molecule has 5 rings (SSSR count). The smallest absolute Gasteiger partial charge is 0.256 e. The Kier molecular flexibility index (Phi) is 8.20. The van der Waals surface area contributed by atoms with Gasteiger partial charge in [-0.05, 0) is 73.9 Å². The third-order valence-corrected chi connectivity index (χ3v) is 6.49. The van der Waals surface area contributed by atoms with E-state index in [0.29, 0.717) is 35.1 Å². The lowest BCUT2D eigenvalue weighted by atomic mass is 10.1. The first-order valence-electron chi connectivity index (χ1n) is 13.2. The maximum atomic E-state index is 13.4. The molecule has 0 aliphatic carbocycles. The number of aromatic nitrogens is 4. The second-order valence-corrected chi connectivity index (χ2v) is 9.93. The van der Waals surface area contributed by atoms with Crippen LogP contribution in [0.3, 0.4) is 0 Å². The van der Waals surface area contributed by atoms with E-state index in [1.807, 2.05) is 32.9 Å². The molecule has 1 amide bonds. The second kappa shape index (κ2) is 12.3. The van der Waals surface area contributed by atoms with Gasteiger partial charge < -0.3 is 15.4 Å². The van der Waals surface area contributed by atoms with Crippen LogP contribution in [0.15, 0.2) is 79.1 Å². The van der Waals surface area contributed by atoms with E-state index in [2.05, 4.69) is 32.0 Å². The molecule has 42 heavy (non-hydrogen) atoms. The molecule has 9 nitrogen and oxygen atoms in total. The molecule has 0 bridgehead atoms. The normalized spacial score (nSPS) is 10.6. The van der Waals surface area contributed by atoms with Crippen molar-refractivity contribution in [2.24, 2.45) is 0 Å². The summed E-state index contributed by atoms with van der Waals surface area (Å²) >= 11 is 0. The molecule has 3 aromatic carbocycles. The van der Waals surface area contributed by atoms with Gasteiger partial charge in [-0.15, -0.1) is 5.10 Å². The molecule has 10 heteroatoms. The van der Waals surface area contributed by atoms with E-state index in [9.17, 15) is 9.18 Å². The lowest BCUT2D eigenvalue weighted by Gasteiger charge is -2.16. The molecule has 0 saturated heterocycles. The third kappa shape index (κ3) is 6.77. The number of hydrogen-bond acceptors (Lipinski definition) is 7. The molecule has 0 atom stereocenters. The lowest BCUT2D eigenvalue weighted by molar-refractivity contribution is 0.0947. The summed E-state index contributed by atoms with van der Waals surface area (Å²) in [6.45, 7) is 6.50. The molecule has 210 valence electrons. The van der Waals surface area contributed by atoms with E-state index in [-0.39, 0.29) is 17.9 Å². The molecule has 0 fully saturated rings. The van der Waals surface area contributed by atoms with Gasteiger partial charge in [-0.2, -0.15) is 5.26 Å². The second-order valence-electron chi connectivity index (χ2n) is 9.93. The van der Waals surface area contributed by atoms with Gasteiger partial charge in [-0.25, -0.2) is 14.1 Å². The fourth-order valence-electron chi connectivity index (χ4n) is 4.51. The van der Waals surface area contributed by atoms with Crippen LogP contribution in [-0.2, 0) is 13.1 Å². The number of rotatable bonds is 9. The third-order valence-electron chi connectivity index (χ3n) is 6.49. The summed E-state index contributed by atoms with van der Waals surface area (Å²) < 4.78 is 21.2. The molecule has 0 saturated carbocycles. The highest BCUT2D eigenvalue weighted by Crippen LogP contribution is 2.33. The molecule has 0 spiro atoms. The van der Waals surface area contributed by atoms with E-state index in [1.54, 1.807) is 53.3 Å². The Morgan fingerprint density at radius 3 is 2.43 bits per heavy atom. The maximum Gasteiger partial charge on any atom is 0.256 e. The summed E-state index contributed by atoms with van der Waals surface area (Å²) in [5, 5.41) is 23.4. The molecular weight excluding hydrogens is 533 g/mol. The molecule has 0 radical (unpaired) electrons. The highest BCUT2D eigenvalue weighted by molar-refractivity contribution is 5.97. The quantitative estimate of drug-likeness (QED) is 0.222. The van der Waals surface area contributed by atoms with Crippen LogP contribution >= 0.6 is 0 Å². The SMILES string of the molecule is Cc1cc(C)c(Oc2cc(Nc3ccc(C#N)cc3)ncc2C(=O)NCc2cn(Cc3ccc(F)cc3)nn2)c(C)c1. The topological polar surface area (TPSA) is 118 Å². The van der Waals surface area contributed by atoms with Gasteiger partial charge in [-0.1, -0.05) is 35.0 Å². The highest BCUT2D eigenvalue weighted by atomic mass is 19.1. The largest absolute Gasteiger partial charge is 0.456 e. The molecule has 0 aliphatic heterocycles.